The molecule has 0 spiro atoms. The monoisotopic (exact) mass is 198 g/mol. The Morgan fingerprint density at radius 1 is 1.46 bits per heavy atom. The number of sulfone groups is 1. The van der Waals surface area contributed by atoms with Crippen LogP contribution in [0.5, 0.6) is 5.75 Å². The summed E-state index contributed by atoms with van der Waals surface area (Å²) in [5.41, 5.74) is 0. The van der Waals surface area contributed by atoms with Gasteiger partial charge in [0.1, 0.15) is 5.75 Å². The first kappa shape index (κ1) is 9.80. The first-order chi connectivity index (χ1) is 6.10. The van der Waals surface area contributed by atoms with E-state index in [2.05, 4.69) is 6.58 Å². The normalized spacial score (nSPS) is 10.8. The maximum atomic E-state index is 11.3. The molecule has 0 aliphatic carbocycles. The fraction of sp³-hybridized carbons (Fsp3) is 0.111. The second kappa shape index (κ2) is 3.62. The highest BCUT2D eigenvalue weighted by Crippen LogP contribution is 2.18. The molecule has 1 aromatic rings. The van der Waals surface area contributed by atoms with Gasteiger partial charge in [-0.15, -0.1) is 0 Å². The smallest absolute Gasteiger partial charge is 0.199 e. The fourth-order valence-electron chi connectivity index (χ4n) is 0.874. The highest BCUT2D eigenvalue weighted by Gasteiger charge is 2.09. The molecule has 1 rings (SSSR count). The Balaban J connectivity index is 3.24. The Labute approximate surface area is 77.6 Å². The molecule has 4 heteroatoms. The van der Waals surface area contributed by atoms with Gasteiger partial charge < -0.3 is 4.74 Å². The van der Waals surface area contributed by atoms with Crippen LogP contribution in [0.1, 0.15) is 0 Å². The van der Waals surface area contributed by atoms with Crippen LogP contribution in [0.25, 0.3) is 0 Å². The molecule has 3 nitrogen and oxygen atoms in total. The zero-order chi connectivity index (χ0) is 9.90. The fourth-order valence-corrected chi connectivity index (χ4v) is 1.62. The van der Waals surface area contributed by atoms with E-state index in [1.807, 2.05) is 0 Å². The molecular weight excluding hydrogens is 188 g/mol. The van der Waals surface area contributed by atoms with E-state index in [1.54, 1.807) is 12.1 Å². The zero-order valence-corrected chi connectivity index (χ0v) is 8.04. The number of hydrogen-bond acceptors (Lipinski definition) is 3. The molecule has 0 atom stereocenters. The average Bonchev–Trinajstić information content (AvgIpc) is 2.18. The Bertz CT molecular complexity index is 407. The first-order valence-corrected chi connectivity index (χ1v) is 5.16. The summed E-state index contributed by atoms with van der Waals surface area (Å²) in [6, 6.07) is 6.26. The predicted octanol–water partition coefficient (Wildman–Crippen LogP) is 1.61. The van der Waals surface area contributed by atoms with Gasteiger partial charge in [0.15, 0.2) is 9.84 Å². The molecule has 0 saturated heterocycles. The molecule has 0 unspecified atom stereocenters. The zero-order valence-electron chi connectivity index (χ0n) is 7.23. The van der Waals surface area contributed by atoms with Gasteiger partial charge in [-0.25, -0.2) is 8.42 Å². The Morgan fingerprint density at radius 2 is 2.15 bits per heavy atom. The highest BCUT2D eigenvalue weighted by atomic mass is 32.2. The van der Waals surface area contributed by atoms with Crippen molar-refractivity contribution < 1.29 is 13.2 Å². The lowest BCUT2D eigenvalue weighted by Gasteiger charge is -2.01. The molecule has 13 heavy (non-hydrogen) atoms. The average molecular weight is 198 g/mol. The van der Waals surface area contributed by atoms with Gasteiger partial charge in [-0.3, -0.25) is 0 Å². The number of benzene rings is 1. The maximum Gasteiger partial charge on any atom is 0.199 e. The van der Waals surface area contributed by atoms with Gasteiger partial charge in [-0.1, -0.05) is 12.6 Å². The van der Waals surface area contributed by atoms with Crippen molar-refractivity contribution in [3.63, 3.8) is 0 Å². The minimum absolute atomic E-state index is 0.196. The third kappa shape index (κ3) is 2.09. The van der Waals surface area contributed by atoms with Gasteiger partial charge >= 0.3 is 0 Å². The Kier molecular flexibility index (Phi) is 2.72. The van der Waals surface area contributed by atoms with Crippen LogP contribution in [-0.2, 0) is 9.84 Å². The third-order valence-electron chi connectivity index (χ3n) is 1.59. The minimum Gasteiger partial charge on any atom is -0.497 e. The molecule has 0 aromatic heterocycles. The van der Waals surface area contributed by atoms with E-state index in [9.17, 15) is 8.42 Å². The van der Waals surface area contributed by atoms with Gasteiger partial charge in [0.05, 0.1) is 12.0 Å². The number of ether oxygens (including phenoxy) is 1. The molecule has 0 aliphatic rings. The van der Waals surface area contributed by atoms with Crippen LogP contribution < -0.4 is 4.74 Å². The number of hydrogen-bond donors (Lipinski definition) is 0. The van der Waals surface area contributed by atoms with Crippen molar-refractivity contribution in [3.8, 4) is 5.75 Å². The minimum atomic E-state index is -3.35. The highest BCUT2D eigenvalue weighted by molar-refractivity contribution is 7.94. The molecule has 0 aliphatic heterocycles. The maximum absolute atomic E-state index is 11.3. The summed E-state index contributed by atoms with van der Waals surface area (Å²) in [6.07, 6.45) is 0. The first-order valence-electron chi connectivity index (χ1n) is 3.62. The second-order valence-corrected chi connectivity index (χ2v) is 4.29. The summed E-state index contributed by atoms with van der Waals surface area (Å²) in [4.78, 5) is 0.196. The van der Waals surface area contributed by atoms with Crippen LogP contribution in [0, 0.1) is 0 Å². The lowest BCUT2D eigenvalue weighted by molar-refractivity contribution is 0.413. The van der Waals surface area contributed by atoms with E-state index < -0.39 is 9.84 Å². The molecule has 0 bridgehead atoms. The molecule has 0 saturated carbocycles. The van der Waals surface area contributed by atoms with E-state index in [0.717, 1.165) is 5.41 Å². The molecule has 0 radical (unpaired) electrons. The van der Waals surface area contributed by atoms with Gasteiger partial charge in [0, 0.05) is 5.41 Å². The van der Waals surface area contributed by atoms with Gasteiger partial charge in [-0.2, -0.15) is 0 Å². The topological polar surface area (TPSA) is 43.4 Å². The van der Waals surface area contributed by atoms with Gasteiger partial charge in [0.25, 0.3) is 0 Å². The predicted molar refractivity (Wildman–Crippen MR) is 50.4 cm³/mol. The summed E-state index contributed by atoms with van der Waals surface area (Å²) in [6.45, 7) is 3.24. The summed E-state index contributed by atoms with van der Waals surface area (Å²) < 4.78 is 27.5. The van der Waals surface area contributed by atoms with Crippen LogP contribution in [0.15, 0.2) is 41.1 Å². The van der Waals surface area contributed by atoms with Crippen molar-refractivity contribution in [1.82, 2.24) is 0 Å². The standard InChI is InChI=1S/C9H10O3S/c1-3-13(10,11)9-6-4-5-8(7-9)12-2/h3-7H,1H2,2H3. The third-order valence-corrected chi connectivity index (χ3v) is 2.94. The van der Waals surface area contributed by atoms with E-state index in [4.69, 9.17) is 4.74 Å². The SMILES string of the molecule is C=CS(=O)(=O)c1cccc(OC)c1. The van der Waals surface area contributed by atoms with E-state index in [-0.39, 0.29) is 4.90 Å². The quantitative estimate of drug-likeness (QED) is 0.741. The van der Waals surface area contributed by atoms with E-state index >= 15 is 0 Å². The summed E-state index contributed by atoms with van der Waals surface area (Å²) in [7, 11) is -1.86. The van der Waals surface area contributed by atoms with Crippen molar-refractivity contribution in [3.05, 3.63) is 36.3 Å². The van der Waals surface area contributed by atoms with Crippen molar-refractivity contribution in [2.24, 2.45) is 0 Å². The van der Waals surface area contributed by atoms with Crippen LogP contribution in [-0.4, -0.2) is 15.5 Å². The summed E-state index contributed by atoms with van der Waals surface area (Å²) in [5.74, 6) is 0.517. The lowest BCUT2D eigenvalue weighted by Crippen LogP contribution is -1.95. The summed E-state index contributed by atoms with van der Waals surface area (Å²) >= 11 is 0. The molecule has 0 amide bonds. The van der Waals surface area contributed by atoms with Crippen LogP contribution in [0.3, 0.4) is 0 Å². The Hall–Kier alpha value is -1.29. The van der Waals surface area contributed by atoms with E-state index in [1.165, 1.54) is 19.2 Å². The van der Waals surface area contributed by atoms with Crippen LogP contribution in [0.2, 0.25) is 0 Å². The molecule has 0 fully saturated rings. The number of methoxy groups -OCH3 is 1. The van der Waals surface area contributed by atoms with E-state index in [0.29, 0.717) is 5.75 Å². The van der Waals surface area contributed by atoms with Crippen LogP contribution in [0.4, 0.5) is 0 Å². The second-order valence-electron chi connectivity index (χ2n) is 2.39. The van der Waals surface area contributed by atoms with Crippen molar-refractivity contribution in [2.45, 2.75) is 4.90 Å². The molecule has 70 valence electrons. The van der Waals surface area contributed by atoms with Crippen molar-refractivity contribution >= 4 is 9.84 Å². The van der Waals surface area contributed by atoms with Gasteiger partial charge in [-0.05, 0) is 18.2 Å². The van der Waals surface area contributed by atoms with Crippen molar-refractivity contribution in [1.29, 1.82) is 0 Å². The van der Waals surface area contributed by atoms with Crippen LogP contribution >= 0.6 is 0 Å². The molecular formula is C9H10O3S. The molecule has 1 aromatic carbocycles. The lowest BCUT2D eigenvalue weighted by atomic mass is 10.3. The largest absolute Gasteiger partial charge is 0.497 e. The summed E-state index contributed by atoms with van der Waals surface area (Å²) in [5, 5.41) is 0.918. The van der Waals surface area contributed by atoms with Crippen molar-refractivity contribution in [2.75, 3.05) is 7.11 Å². The number of rotatable bonds is 3. The Morgan fingerprint density at radius 3 is 2.69 bits per heavy atom. The molecule has 0 N–H and O–H groups in total. The van der Waals surface area contributed by atoms with Gasteiger partial charge in [0.2, 0.25) is 0 Å². The molecule has 0 heterocycles.